The van der Waals surface area contributed by atoms with Crippen molar-refractivity contribution in [2.24, 2.45) is 0 Å². The first-order valence-electron chi connectivity index (χ1n) is 6.09. The van der Waals surface area contributed by atoms with Crippen LogP contribution < -0.4 is 5.32 Å². The number of benzene rings is 1. The Morgan fingerprint density at radius 2 is 2.18 bits per heavy atom. The van der Waals surface area contributed by atoms with Crippen molar-refractivity contribution >= 4 is 10.9 Å². The van der Waals surface area contributed by atoms with Crippen LogP contribution >= 0.6 is 0 Å². The van der Waals surface area contributed by atoms with Crippen LogP contribution in [0.15, 0.2) is 30.5 Å². The van der Waals surface area contributed by atoms with E-state index in [2.05, 4.69) is 17.2 Å². The summed E-state index contributed by atoms with van der Waals surface area (Å²) in [6, 6.07) is 7.57. The highest BCUT2D eigenvalue weighted by Gasteiger charge is 2.05. The smallest absolute Gasteiger partial charge is 0.141 e. The fourth-order valence-electron chi connectivity index (χ4n) is 1.90. The Labute approximate surface area is 102 Å². The highest BCUT2D eigenvalue weighted by molar-refractivity contribution is 5.87. The highest BCUT2D eigenvalue weighted by Crippen LogP contribution is 2.25. The van der Waals surface area contributed by atoms with Crippen LogP contribution in [0.3, 0.4) is 0 Å². The zero-order valence-corrected chi connectivity index (χ0v) is 10.1. The molecule has 0 bridgehead atoms. The van der Waals surface area contributed by atoms with Gasteiger partial charge in [0.15, 0.2) is 0 Å². The molecule has 0 unspecified atom stereocenters. The second-order valence-corrected chi connectivity index (χ2v) is 4.17. The lowest BCUT2D eigenvalue weighted by molar-refractivity contribution is 0.480. The molecule has 0 saturated carbocycles. The van der Waals surface area contributed by atoms with Crippen LogP contribution in [0.4, 0.5) is 0 Å². The minimum atomic E-state index is 0.248. The van der Waals surface area contributed by atoms with Crippen molar-refractivity contribution in [3.8, 4) is 5.75 Å². The topological polar surface area (TPSA) is 45.1 Å². The number of phenols is 1. The zero-order valence-electron chi connectivity index (χ0n) is 10.1. The van der Waals surface area contributed by atoms with Crippen LogP contribution in [0.2, 0.25) is 0 Å². The van der Waals surface area contributed by atoms with Gasteiger partial charge in [0.2, 0.25) is 0 Å². The molecule has 0 fully saturated rings. The van der Waals surface area contributed by atoms with Gasteiger partial charge in [-0.1, -0.05) is 25.5 Å². The van der Waals surface area contributed by atoms with Crippen molar-refractivity contribution in [1.29, 1.82) is 0 Å². The lowest BCUT2D eigenvalue weighted by Crippen LogP contribution is -2.14. The van der Waals surface area contributed by atoms with Crippen molar-refractivity contribution in [3.05, 3.63) is 36.0 Å². The van der Waals surface area contributed by atoms with Crippen molar-refractivity contribution in [1.82, 2.24) is 10.3 Å². The number of rotatable bonds is 5. The first kappa shape index (κ1) is 11.9. The van der Waals surface area contributed by atoms with Gasteiger partial charge in [-0.2, -0.15) is 0 Å². The molecule has 0 radical (unpaired) electrons. The molecular formula is C14H18N2O. The predicted molar refractivity (Wildman–Crippen MR) is 70.0 cm³/mol. The van der Waals surface area contributed by atoms with E-state index in [-0.39, 0.29) is 5.75 Å². The summed E-state index contributed by atoms with van der Waals surface area (Å²) in [5.41, 5.74) is 1.87. The third-order valence-corrected chi connectivity index (χ3v) is 2.86. The molecular weight excluding hydrogens is 212 g/mol. The van der Waals surface area contributed by atoms with E-state index in [9.17, 15) is 5.11 Å². The van der Waals surface area contributed by atoms with Crippen molar-refractivity contribution in [2.45, 2.75) is 26.3 Å². The van der Waals surface area contributed by atoms with E-state index in [0.717, 1.165) is 18.5 Å². The highest BCUT2D eigenvalue weighted by atomic mass is 16.3. The summed E-state index contributed by atoms with van der Waals surface area (Å²) in [5.74, 6) is 0.248. The maximum Gasteiger partial charge on any atom is 0.141 e. The molecule has 0 aliphatic carbocycles. The van der Waals surface area contributed by atoms with Gasteiger partial charge in [0.1, 0.15) is 11.3 Å². The molecule has 0 spiro atoms. The summed E-state index contributed by atoms with van der Waals surface area (Å²) in [4.78, 5) is 4.21. The minimum Gasteiger partial charge on any atom is -0.506 e. The number of aromatic nitrogens is 1. The third-order valence-electron chi connectivity index (χ3n) is 2.86. The van der Waals surface area contributed by atoms with E-state index in [4.69, 9.17) is 0 Å². The standard InChI is InChI=1S/C14H18N2O/c1-2-3-8-15-10-11-6-7-13(17)14-12(11)5-4-9-16-14/h4-7,9,15,17H,2-3,8,10H2,1H3. The van der Waals surface area contributed by atoms with Crippen molar-refractivity contribution in [3.63, 3.8) is 0 Å². The number of hydrogen-bond acceptors (Lipinski definition) is 3. The molecule has 3 heteroatoms. The van der Waals surface area contributed by atoms with E-state index in [1.165, 1.54) is 18.4 Å². The van der Waals surface area contributed by atoms with E-state index >= 15 is 0 Å². The molecule has 0 saturated heterocycles. The Kier molecular flexibility index (Phi) is 3.94. The second-order valence-electron chi connectivity index (χ2n) is 4.17. The molecule has 0 aliphatic rings. The van der Waals surface area contributed by atoms with E-state index in [1.807, 2.05) is 18.2 Å². The molecule has 17 heavy (non-hydrogen) atoms. The number of nitrogens with zero attached hydrogens (tertiary/aromatic N) is 1. The van der Waals surface area contributed by atoms with Gasteiger partial charge in [-0.3, -0.25) is 4.98 Å². The Hall–Kier alpha value is -1.61. The van der Waals surface area contributed by atoms with Crippen LogP contribution in [-0.2, 0) is 6.54 Å². The fourth-order valence-corrected chi connectivity index (χ4v) is 1.90. The Balaban J connectivity index is 2.20. The lowest BCUT2D eigenvalue weighted by Gasteiger charge is -2.08. The fraction of sp³-hybridized carbons (Fsp3) is 0.357. The van der Waals surface area contributed by atoms with Gasteiger partial charge in [-0.25, -0.2) is 0 Å². The number of aromatic hydroxyl groups is 1. The SMILES string of the molecule is CCCCNCc1ccc(O)c2ncccc12. The van der Waals surface area contributed by atoms with Gasteiger partial charge < -0.3 is 10.4 Å². The predicted octanol–water partition coefficient (Wildman–Crippen LogP) is 2.83. The van der Waals surface area contributed by atoms with Gasteiger partial charge in [0, 0.05) is 18.1 Å². The maximum atomic E-state index is 9.72. The van der Waals surface area contributed by atoms with Gasteiger partial charge in [-0.15, -0.1) is 0 Å². The molecule has 0 aliphatic heterocycles. The summed E-state index contributed by atoms with van der Waals surface area (Å²) in [5, 5.41) is 14.2. The summed E-state index contributed by atoms with van der Waals surface area (Å²) in [7, 11) is 0. The maximum absolute atomic E-state index is 9.72. The Morgan fingerprint density at radius 1 is 1.29 bits per heavy atom. The molecule has 1 heterocycles. The van der Waals surface area contributed by atoms with Crippen molar-refractivity contribution in [2.75, 3.05) is 6.54 Å². The largest absolute Gasteiger partial charge is 0.506 e. The van der Waals surface area contributed by atoms with Gasteiger partial charge >= 0.3 is 0 Å². The molecule has 90 valence electrons. The number of hydrogen-bond donors (Lipinski definition) is 2. The van der Waals surface area contributed by atoms with Crippen LogP contribution in [-0.4, -0.2) is 16.6 Å². The number of phenolic OH excluding ortho intramolecular Hbond substituents is 1. The van der Waals surface area contributed by atoms with Crippen LogP contribution in [0.25, 0.3) is 10.9 Å². The van der Waals surface area contributed by atoms with Gasteiger partial charge in [0.25, 0.3) is 0 Å². The normalized spacial score (nSPS) is 10.9. The average Bonchev–Trinajstić information content (AvgIpc) is 2.37. The van der Waals surface area contributed by atoms with Crippen LogP contribution in [0, 0.1) is 0 Å². The molecule has 0 atom stereocenters. The molecule has 3 nitrogen and oxygen atoms in total. The van der Waals surface area contributed by atoms with E-state index in [1.54, 1.807) is 12.3 Å². The molecule has 2 aromatic rings. The van der Waals surface area contributed by atoms with Crippen LogP contribution in [0.1, 0.15) is 25.3 Å². The Morgan fingerprint density at radius 3 is 3.00 bits per heavy atom. The molecule has 1 aromatic heterocycles. The molecule has 2 N–H and O–H groups in total. The first-order chi connectivity index (χ1) is 8.33. The summed E-state index contributed by atoms with van der Waals surface area (Å²) in [6.07, 6.45) is 4.09. The quantitative estimate of drug-likeness (QED) is 0.776. The number of fused-ring (bicyclic) bond motifs is 1. The number of nitrogens with one attached hydrogen (secondary N) is 1. The number of unbranched alkanes of at least 4 members (excludes halogenated alkanes) is 1. The van der Waals surface area contributed by atoms with Gasteiger partial charge in [-0.05, 0) is 30.7 Å². The third kappa shape index (κ3) is 2.74. The molecule has 1 aromatic carbocycles. The van der Waals surface area contributed by atoms with Gasteiger partial charge in [0.05, 0.1) is 0 Å². The lowest BCUT2D eigenvalue weighted by atomic mass is 10.1. The van der Waals surface area contributed by atoms with E-state index < -0.39 is 0 Å². The Bertz CT molecular complexity index is 497. The number of pyridine rings is 1. The first-order valence-corrected chi connectivity index (χ1v) is 6.09. The van der Waals surface area contributed by atoms with Crippen molar-refractivity contribution < 1.29 is 5.11 Å². The monoisotopic (exact) mass is 230 g/mol. The summed E-state index contributed by atoms with van der Waals surface area (Å²) < 4.78 is 0. The second kappa shape index (κ2) is 5.64. The summed E-state index contributed by atoms with van der Waals surface area (Å²) in [6.45, 7) is 4.03. The van der Waals surface area contributed by atoms with E-state index in [0.29, 0.717) is 5.52 Å². The average molecular weight is 230 g/mol. The molecule has 0 amide bonds. The van der Waals surface area contributed by atoms with Crippen LogP contribution in [0.5, 0.6) is 5.75 Å². The minimum absolute atomic E-state index is 0.248. The zero-order chi connectivity index (χ0) is 12.1. The summed E-state index contributed by atoms with van der Waals surface area (Å²) >= 11 is 0. The molecule has 2 rings (SSSR count).